The number of non-ortho nitro benzene ring substituents is 1. The zero-order valence-electron chi connectivity index (χ0n) is 11.9. The maximum atomic E-state index is 12.4. The number of amides is 3. The normalized spacial score (nSPS) is 18.8. The van der Waals surface area contributed by atoms with Gasteiger partial charge in [0, 0.05) is 18.7 Å². The van der Waals surface area contributed by atoms with Crippen LogP contribution in [0.2, 0.25) is 0 Å². The highest BCUT2D eigenvalue weighted by Crippen LogP contribution is 2.26. The summed E-state index contributed by atoms with van der Waals surface area (Å²) in [5.74, 6) is -0.296. The first-order chi connectivity index (χ1) is 9.90. The number of rotatable bonds is 4. The lowest BCUT2D eigenvalue weighted by Gasteiger charge is -2.32. The Morgan fingerprint density at radius 3 is 2.76 bits per heavy atom. The fourth-order valence-electron chi connectivity index (χ4n) is 2.40. The number of nitrogens with one attached hydrogen (secondary N) is 1. The van der Waals surface area contributed by atoms with E-state index in [0.717, 1.165) is 4.90 Å². The molecule has 0 spiro atoms. The van der Waals surface area contributed by atoms with Crippen molar-refractivity contribution in [1.82, 2.24) is 5.32 Å². The van der Waals surface area contributed by atoms with Crippen molar-refractivity contribution >= 4 is 23.3 Å². The van der Waals surface area contributed by atoms with Crippen LogP contribution in [0.25, 0.3) is 0 Å². The van der Waals surface area contributed by atoms with Crippen LogP contribution in [-0.4, -0.2) is 23.4 Å². The van der Waals surface area contributed by atoms with E-state index in [9.17, 15) is 19.7 Å². The van der Waals surface area contributed by atoms with Crippen LogP contribution in [0.1, 0.15) is 20.3 Å². The molecule has 0 bridgehead atoms. The van der Waals surface area contributed by atoms with Crippen molar-refractivity contribution in [3.63, 3.8) is 0 Å². The molecule has 1 aliphatic heterocycles. The summed E-state index contributed by atoms with van der Waals surface area (Å²) in [7, 11) is 0. The highest BCUT2D eigenvalue weighted by Gasteiger charge is 2.35. The third-order valence-electron chi connectivity index (χ3n) is 3.33. The van der Waals surface area contributed by atoms with E-state index in [1.54, 1.807) is 0 Å². The van der Waals surface area contributed by atoms with Gasteiger partial charge in [-0.05, 0) is 18.4 Å². The standard InChI is InChI=1S/C14H17N3O4/c1-9(2)6-10-8-15-14(19)16(13(10)18)11-4-3-5-12(7-11)17(20)21/h3-5,7,9-10H,6,8H2,1-2H3,(H,15,19). The first-order valence-electron chi connectivity index (χ1n) is 6.76. The number of hydrogen-bond acceptors (Lipinski definition) is 4. The Kier molecular flexibility index (Phi) is 4.21. The molecule has 1 aromatic carbocycles. The Hall–Kier alpha value is -2.44. The van der Waals surface area contributed by atoms with Crippen LogP contribution in [0, 0.1) is 22.0 Å². The lowest BCUT2D eigenvalue weighted by atomic mass is 9.94. The van der Waals surface area contributed by atoms with Crippen LogP contribution in [-0.2, 0) is 4.79 Å². The van der Waals surface area contributed by atoms with Crippen molar-refractivity contribution in [3.8, 4) is 0 Å². The molecule has 1 atom stereocenters. The first kappa shape index (κ1) is 15.0. The van der Waals surface area contributed by atoms with Crippen molar-refractivity contribution < 1.29 is 14.5 Å². The van der Waals surface area contributed by atoms with Gasteiger partial charge in [-0.3, -0.25) is 14.9 Å². The van der Waals surface area contributed by atoms with Crippen LogP contribution in [0.4, 0.5) is 16.2 Å². The fourth-order valence-corrected chi connectivity index (χ4v) is 2.40. The first-order valence-corrected chi connectivity index (χ1v) is 6.76. The van der Waals surface area contributed by atoms with E-state index in [1.807, 2.05) is 13.8 Å². The van der Waals surface area contributed by atoms with E-state index in [1.165, 1.54) is 24.3 Å². The molecular weight excluding hydrogens is 274 g/mol. The lowest BCUT2D eigenvalue weighted by Crippen LogP contribution is -2.55. The maximum Gasteiger partial charge on any atom is 0.328 e. The van der Waals surface area contributed by atoms with Gasteiger partial charge in [0.2, 0.25) is 5.91 Å². The number of nitro benzene ring substituents is 1. The molecule has 0 aliphatic carbocycles. The summed E-state index contributed by atoms with van der Waals surface area (Å²) in [6.07, 6.45) is 0.657. The fraction of sp³-hybridized carbons (Fsp3) is 0.429. The SMILES string of the molecule is CC(C)CC1CNC(=O)N(c2cccc([N+](=O)[O-])c2)C1=O. The minimum atomic E-state index is -0.554. The molecule has 1 aromatic rings. The van der Waals surface area contributed by atoms with Gasteiger partial charge in [0.15, 0.2) is 0 Å². The van der Waals surface area contributed by atoms with E-state index < -0.39 is 11.0 Å². The van der Waals surface area contributed by atoms with E-state index in [4.69, 9.17) is 0 Å². The Morgan fingerprint density at radius 1 is 1.43 bits per heavy atom. The number of benzene rings is 1. The summed E-state index contributed by atoms with van der Waals surface area (Å²) < 4.78 is 0. The average Bonchev–Trinajstić information content (AvgIpc) is 2.42. The number of carbonyl (C=O) groups excluding carboxylic acids is 2. The van der Waals surface area contributed by atoms with Crippen LogP contribution in [0.5, 0.6) is 0 Å². The van der Waals surface area contributed by atoms with Gasteiger partial charge in [-0.25, -0.2) is 9.69 Å². The summed E-state index contributed by atoms with van der Waals surface area (Å²) in [6.45, 7) is 4.31. The molecule has 3 amide bonds. The maximum absolute atomic E-state index is 12.4. The molecule has 2 rings (SSSR count). The lowest BCUT2D eigenvalue weighted by molar-refractivity contribution is -0.384. The Bertz CT molecular complexity index is 585. The monoisotopic (exact) mass is 291 g/mol. The summed E-state index contributed by atoms with van der Waals surface area (Å²) >= 11 is 0. The van der Waals surface area contributed by atoms with Crippen LogP contribution in [0.3, 0.4) is 0 Å². The highest BCUT2D eigenvalue weighted by molar-refractivity contribution is 6.16. The average molecular weight is 291 g/mol. The predicted octanol–water partition coefficient (Wildman–Crippen LogP) is 2.31. The van der Waals surface area contributed by atoms with Gasteiger partial charge < -0.3 is 5.32 Å². The molecule has 0 saturated carbocycles. The van der Waals surface area contributed by atoms with E-state index in [-0.39, 0.29) is 23.2 Å². The minimum Gasteiger partial charge on any atom is -0.337 e. The summed E-state index contributed by atoms with van der Waals surface area (Å²) in [6, 6.07) is 4.99. The molecule has 1 fully saturated rings. The van der Waals surface area contributed by atoms with Gasteiger partial charge in [-0.2, -0.15) is 0 Å². The molecule has 1 N–H and O–H groups in total. The highest BCUT2D eigenvalue weighted by atomic mass is 16.6. The van der Waals surface area contributed by atoms with Gasteiger partial charge in [0.25, 0.3) is 5.69 Å². The minimum absolute atomic E-state index is 0.154. The van der Waals surface area contributed by atoms with Crippen LogP contribution >= 0.6 is 0 Å². The van der Waals surface area contributed by atoms with E-state index in [2.05, 4.69) is 5.32 Å². The van der Waals surface area contributed by atoms with Gasteiger partial charge in [-0.1, -0.05) is 19.9 Å². The molecule has 21 heavy (non-hydrogen) atoms. The van der Waals surface area contributed by atoms with Crippen molar-refractivity contribution in [2.24, 2.45) is 11.8 Å². The number of carbonyl (C=O) groups is 2. The quantitative estimate of drug-likeness (QED) is 0.680. The van der Waals surface area contributed by atoms with Crippen LogP contribution < -0.4 is 10.2 Å². The zero-order valence-corrected chi connectivity index (χ0v) is 11.9. The molecule has 7 nitrogen and oxygen atoms in total. The Morgan fingerprint density at radius 2 is 2.14 bits per heavy atom. The summed E-state index contributed by atoms with van der Waals surface area (Å²) in [4.78, 5) is 35.6. The number of hydrogen-bond donors (Lipinski definition) is 1. The van der Waals surface area contributed by atoms with E-state index in [0.29, 0.717) is 18.9 Å². The third-order valence-corrected chi connectivity index (χ3v) is 3.33. The second kappa shape index (κ2) is 5.90. The van der Waals surface area contributed by atoms with Crippen LogP contribution in [0.15, 0.2) is 24.3 Å². The molecule has 0 radical (unpaired) electrons. The second-order valence-electron chi connectivity index (χ2n) is 5.46. The van der Waals surface area contributed by atoms with E-state index >= 15 is 0 Å². The topological polar surface area (TPSA) is 92.6 Å². The van der Waals surface area contributed by atoms with Gasteiger partial charge >= 0.3 is 6.03 Å². The molecule has 1 heterocycles. The number of urea groups is 1. The van der Waals surface area contributed by atoms with Gasteiger partial charge in [0.05, 0.1) is 16.5 Å². The molecule has 1 saturated heterocycles. The third kappa shape index (κ3) is 3.18. The predicted molar refractivity (Wildman–Crippen MR) is 76.9 cm³/mol. The number of imide groups is 1. The summed E-state index contributed by atoms with van der Waals surface area (Å²) in [5, 5.41) is 13.5. The summed E-state index contributed by atoms with van der Waals surface area (Å²) in [5.41, 5.74) is 0.0687. The largest absolute Gasteiger partial charge is 0.337 e. The van der Waals surface area contributed by atoms with Crippen molar-refractivity contribution in [1.29, 1.82) is 0 Å². The number of nitrogens with zero attached hydrogens (tertiary/aromatic N) is 2. The second-order valence-corrected chi connectivity index (χ2v) is 5.46. The molecule has 1 aliphatic rings. The molecule has 0 aromatic heterocycles. The smallest absolute Gasteiger partial charge is 0.328 e. The molecule has 1 unspecified atom stereocenters. The van der Waals surface area contributed by atoms with Gasteiger partial charge in [0.1, 0.15) is 0 Å². The zero-order chi connectivity index (χ0) is 15.6. The molecule has 7 heteroatoms. The van der Waals surface area contributed by atoms with Crippen molar-refractivity contribution in [2.45, 2.75) is 20.3 Å². The molecular formula is C14H17N3O4. The Balaban J connectivity index is 2.31. The Labute approximate surface area is 122 Å². The van der Waals surface area contributed by atoms with Gasteiger partial charge in [-0.15, -0.1) is 0 Å². The molecule has 112 valence electrons. The van der Waals surface area contributed by atoms with Crippen molar-refractivity contribution in [3.05, 3.63) is 34.4 Å². The number of nitro groups is 1. The number of anilines is 1. The van der Waals surface area contributed by atoms with Crippen molar-refractivity contribution in [2.75, 3.05) is 11.4 Å².